The van der Waals surface area contributed by atoms with Crippen molar-refractivity contribution in [1.82, 2.24) is 4.57 Å². The number of benzene rings is 1. The molecule has 0 atom stereocenters. The van der Waals surface area contributed by atoms with Gasteiger partial charge in [0.15, 0.2) is 0 Å². The van der Waals surface area contributed by atoms with Crippen molar-refractivity contribution < 1.29 is 4.79 Å². The summed E-state index contributed by atoms with van der Waals surface area (Å²) in [5.74, 6) is -0.0417. The van der Waals surface area contributed by atoms with Crippen LogP contribution in [0.5, 0.6) is 0 Å². The quantitative estimate of drug-likeness (QED) is 0.884. The Hall–Kier alpha value is -1.55. The minimum Gasteiger partial charge on any atom is -0.339 e. The van der Waals surface area contributed by atoms with Gasteiger partial charge in [-0.1, -0.05) is 18.2 Å². The highest BCUT2D eigenvalue weighted by Gasteiger charge is 2.28. The maximum Gasteiger partial charge on any atom is 0.272 e. The van der Waals surface area contributed by atoms with Crippen molar-refractivity contribution >= 4 is 27.5 Å². The SMILES string of the molecule is Cc1cccc(C)c1NC(=O)c1cc(Br)cn1C1CC1. The van der Waals surface area contributed by atoms with Gasteiger partial charge >= 0.3 is 0 Å². The summed E-state index contributed by atoms with van der Waals surface area (Å²) >= 11 is 3.46. The zero-order valence-corrected chi connectivity index (χ0v) is 13.2. The third kappa shape index (κ3) is 2.52. The van der Waals surface area contributed by atoms with Gasteiger partial charge in [0, 0.05) is 22.4 Å². The highest BCUT2D eigenvalue weighted by molar-refractivity contribution is 9.10. The van der Waals surface area contributed by atoms with Crippen LogP contribution in [0.4, 0.5) is 5.69 Å². The largest absolute Gasteiger partial charge is 0.339 e. The van der Waals surface area contributed by atoms with Crippen LogP contribution >= 0.6 is 15.9 Å². The van der Waals surface area contributed by atoms with E-state index in [-0.39, 0.29) is 5.91 Å². The summed E-state index contributed by atoms with van der Waals surface area (Å²) in [6.07, 6.45) is 4.31. The molecule has 0 saturated heterocycles. The first kappa shape index (κ1) is 13.4. The maximum absolute atomic E-state index is 12.5. The molecule has 1 fully saturated rings. The molecule has 1 aliphatic carbocycles. The number of amides is 1. The Morgan fingerprint density at radius 3 is 2.55 bits per heavy atom. The predicted octanol–water partition coefficient (Wildman–Crippen LogP) is 4.45. The van der Waals surface area contributed by atoms with Crippen LogP contribution in [0.25, 0.3) is 0 Å². The molecule has 1 amide bonds. The van der Waals surface area contributed by atoms with Gasteiger partial charge < -0.3 is 9.88 Å². The summed E-state index contributed by atoms with van der Waals surface area (Å²) in [5.41, 5.74) is 3.81. The number of para-hydroxylation sites is 1. The van der Waals surface area contributed by atoms with Gasteiger partial charge in [0.2, 0.25) is 0 Å². The number of nitrogens with zero attached hydrogens (tertiary/aromatic N) is 1. The Morgan fingerprint density at radius 2 is 1.95 bits per heavy atom. The Balaban J connectivity index is 1.90. The molecule has 0 aliphatic heterocycles. The minimum atomic E-state index is -0.0417. The molecule has 1 aliphatic rings. The second-order valence-corrected chi connectivity index (χ2v) is 6.32. The van der Waals surface area contributed by atoms with Crippen molar-refractivity contribution in [2.24, 2.45) is 0 Å². The second-order valence-electron chi connectivity index (χ2n) is 5.40. The highest BCUT2D eigenvalue weighted by atomic mass is 79.9. The van der Waals surface area contributed by atoms with E-state index in [2.05, 4.69) is 25.8 Å². The van der Waals surface area contributed by atoms with E-state index >= 15 is 0 Å². The molecular weight excluding hydrogens is 316 g/mol. The number of aromatic nitrogens is 1. The predicted molar refractivity (Wildman–Crippen MR) is 84.3 cm³/mol. The third-order valence-electron chi connectivity index (χ3n) is 3.71. The van der Waals surface area contributed by atoms with Crippen LogP contribution in [0.15, 0.2) is 34.9 Å². The summed E-state index contributed by atoms with van der Waals surface area (Å²) in [7, 11) is 0. The van der Waals surface area contributed by atoms with Crippen LogP contribution in [-0.4, -0.2) is 10.5 Å². The molecule has 0 bridgehead atoms. The van der Waals surface area contributed by atoms with E-state index in [4.69, 9.17) is 0 Å². The van der Waals surface area contributed by atoms with Crippen molar-refractivity contribution in [2.45, 2.75) is 32.7 Å². The number of anilines is 1. The van der Waals surface area contributed by atoms with E-state index in [0.717, 1.165) is 39.8 Å². The molecule has 3 rings (SSSR count). The fraction of sp³-hybridized carbons (Fsp3) is 0.312. The van der Waals surface area contributed by atoms with E-state index in [1.807, 2.05) is 44.3 Å². The summed E-state index contributed by atoms with van der Waals surface area (Å²) in [6, 6.07) is 8.40. The number of rotatable bonds is 3. The fourth-order valence-corrected chi connectivity index (χ4v) is 2.91. The van der Waals surface area contributed by atoms with Gasteiger partial charge in [-0.05, 0) is 59.8 Å². The van der Waals surface area contributed by atoms with Gasteiger partial charge in [0.05, 0.1) is 0 Å². The molecule has 2 aromatic rings. The molecule has 0 spiro atoms. The standard InChI is InChI=1S/C16H17BrN2O/c1-10-4-3-5-11(2)15(10)18-16(20)14-8-12(17)9-19(14)13-6-7-13/h3-5,8-9,13H,6-7H2,1-2H3,(H,18,20). The molecular formula is C16H17BrN2O. The van der Waals surface area contributed by atoms with E-state index in [9.17, 15) is 4.79 Å². The summed E-state index contributed by atoms with van der Waals surface area (Å²) in [4.78, 5) is 12.5. The average molecular weight is 333 g/mol. The van der Waals surface area contributed by atoms with Gasteiger partial charge in [-0.25, -0.2) is 0 Å². The zero-order valence-electron chi connectivity index (χ0n) is 11.6. The number of halogens is 1. The fourth-order valence-electron chi connectivity index (χ4n) is 2.47. The number of hydrogen-bond donors (Lipinski definition) is 1. The molecule has 0 unspecified atom stereocenters. The third-order valence-corrected chi connectivity index (χ3v) is 4.14. The molecule has 1 aromatic heterocycles. The van der Waals surface area contributed by atoms with Gasteiger partial charge in [-0.15, -0.1) is 0 Å². The molecule has 1 aromatic carbocycles. The molecule has 20 heavy (non-hydrogen) atoms. The van der Waals surface area contributed by atoms with Crippen molar-refractivity contribution in [1.29, 1.82) is 0 Å². The molecule has 3 nitrogen and oxygen atoms in total. The van der Waals surface area contributed by atoms with Gasteiger partial charge in [0.1, 0.15) is 5.69 Å². The first-order valence-electron chi connectivity index (χ1n) is 6.81. The number of carbonyl (C=O) groups is 1. The first-order chi connectivity index (χ1) is 9.56. The van der Waals surface area contributed by atoms with Crippen molar-refractivity contribution in [2.75, 3.05) is 5.32 Å². The molecule has 0 radical (unpaired) electrons. The lowest BCUT2D eigenvalue weighted by atomic mass is 10.1. The van der Waals surface area contributed by atoms with Crippen molar-refractivity contribution in [3.05, 3.63) is 51.8 Å². The van der Waals surface area contributed by atoms with Crippen molar-refractivity contribution in [3.63, 3.8) is 0 Å². The van der Waals surface area contributed by atoms with Crippen molar-refractivity contribution in [3.8, 4) is 0 Å². The smallest absolute Gasteiger partial charge is 0.272 e. The highest BCUT2D eigenvalue weighted by Crippen LogP contribution is 2.37. The number of hydrogen-bond acceptors (Lipinski definition) is 1. The van der Waals surface area contributed by atoms with E-state index in [1.165, 1.54) is 0 Å². The van der Waals surface area contributed by atoms with E-state index in [0.29, 0.717) is 6.04 Å². The normalized spacial score (nSPS) is 14.3. The van der Waals surface area contributed by atoms with Crippen LogP contribution in [0.2, 0.25) is 0 Å². The summed E-state index contributed by atoms with van der Waals surface area (Å²) < 4.78 is 3.03. The summed E-state index contributed by atoms with van der Waals surface area (Å²) in [6.45, 7) is 4.02. The zero-order chi connectivity index (χ0) is 14.3. The van der Waals surface area contributed by atoms with E-state index < -0.39 is 0 Å². The van der Waals surface area contributed by atoms with E-state index in [1.54, 1.807) is 0 Å². The Kier molecular flexibility index (Phi) is 3.42. The van der Waals surface area contributed by atoms with Gasteiger partial charge in [-0.3, -0.25) is 4.79 Å². The van der Waals surface area contributed by atoms with Gasteiger partial charge in [0.25, 0.3) is 5.91 Å². The van der Waals surface area contributed by atoms with Crippen LogP contribution in [-0.2, 0) is 0 Å². The number of carbonyl (C=O) groups excluding carboxylic acids is 1. The Labute approximate surface area is 127 Å². The molecule has 1 N–H and O–H groups in total. The van der Waals surface area contributed by atoms with Gasteiger partial charge in [-0.2, -0.15) is 0 Å². The molecule has 4 heteroatoms. The van der Waals surface area contributed by atoms with Crippen LogP contribution < -0.4 is 5.32 Å². The first-order valence-corrected chi connectivity index (χ1v) is 7.60. The van der Waals surface area contributed by atoms with Crippen LogP contribution in [0.3, 0.4) is 0 Å². The number of nitrogens with one attached hydrogen (secondary N) is 1. The molecule has 1 saturated carbocycles. The average Bonchev–Trinajstić information content (AvgIpc) is 3.17. The maximum atomic E-state index is 12.5. The molecule has 104 valence electrons. The Morgan fingerprint density at radius 1 is 1.30 bits per heavy atom. The summed E-state index contributed by atoms with van der Waals surface area (Å²) in [5, 5.41) is 3.05. The lowest BCUT2D eigenvalue weighted by Gasteiger charge is -2.12. The monoisotopic (exact) mass is 332 g/mol. The number of aryl methyl sites for hydroxylation is 2. The lowest BCUT2D eigenvalue weighted by Crippen LogP contribution is -2.17. The molecule has 1 heterocycles. The van der Waals surface area contributed by atoms with Crippen LogP contribution in [0.1, 0.15) is 40.5 Å². The second kappa shape index (κ2) is 5.09. The Bertz CT molecular complexity index is 651. The lowest BCUT2D eigenvalue weighted by molar-refractivity contribution is 0.101. The topological polar surface area (TPSA) is 34.0 Å². The minimum absolute atomic E-state index is 0.0417. The van der Waals surface area contributed by atoms with Crippen LogP contribution in [0, 0.1) is 13.8 Å².